The zero-order valence-electron chi connectivity index (χ0n) is 13.9. The van der Waals surface area contributed by atoms with E-state index in [-0.39, 0.29) is 11.1 Å². The molecule has 0 bridgehead atoms. The molecule has 6 heteroatoms. The molecule has 0 saturated carbocycles. The number of benzene rings is 1. The van der Waals surface area contributed by atoms with Crippen molar-refractivity contribution in [2.75, 3.05) is 5.32 Å². The second kappa shape index (κ2) is 6.54. The number of aryl methyl sites for hydroxylation is 2. The van der Waals surface area contributed by atoms with Gasteiger partial charge in [-0.3, -0.25) is 5.32 Å². The number of carbonyl (C=O) groups excluding carboxylic acids is 1. The molecule has 5 nitrogen and oxygen atoms in total. The van der Waals surface area contributed by atoms with Crippen LogP contribution in [0.4, 0.5) is 10.7 Å². The number of halogens is 1. The van der Waals surface area contributed by atoms with E-state index in [1.54, 1.807) is 26.8 Å². The van der Waals surface area contributed by atoms with Crippen LogP contribution in [-0.2, 0) is 4.74 Å². The van der Waals surface area contributed by atoms with Gasteiger partial charge in [0.2, 0.25) is 5.95 Å². The van der Waals surface area contributed by atoms with Crippen molar-refractivity contribution < 1.29 is 9.53 Å². The van der Waals surface area contributed by atoms with E-state index in [9.17, 15) is 4.79 Å². The Morgan fingerprint density at radius 1 is 1.17 bits per heavy atom. The van der Waals surface area contributed by atoms with E-state index in [0.717, 1.165) is 16.7 Å². The number of nitrogens with zero attached hydrogens (tertiary/aromatic N) is 2. The van der Waals surface area contributed by atoms with Crippen LogP contribution in [0.25, 0.3) is 11.3 Å². The van der Waals surface area contributed by atoms with Gasteiger partial charge >= 0.3 is 6.09 Å². The highest BCUT2D eigenvalue weighted by atomic mass is 35.5. The largest absolute Gasteiger partial charge is 0.444 e. The van der Waals surface area contributed by atoms with Gasteiger partial charge in [-0.2, -0.15) is 0 Å². The van der Waals surface area contributed by atoms with Crippen molar-refractivity contribution in [3.63, 3.8) is 0 Å². The van der Waals surface area contributed by atoms with Gasteiger partial charge in [0.25, 0.3) is 0 Å². The van der Waals surface area contributed by atoms with E-state index in [4.69, 9.17) is 16.3 Å². The maximum atomic E-state index is 11.9. The molecule has 0 aliphatic heterocycles. The first kappa shape index (κ1) is 17.2. The first-order valence-electron chi connectivity index (χ1n) is 7.27. The fraction of sp³-hybridized carbons (Fsp3) is 0.353. The zero-order valence-corrected chi connectivity index (χ0v) is 14.7. The van der Waals surface area contributed by atoms with Crippen LogP contribution in [0.1, 0.15) is 31.9 Å². The number of aromatic nitrogens is 2. The van der Waals surface area contributed by atoms with E-state index in [2.05, 4.69) is 15.3 Å². The highest BCUT2D eigenvalue weighted by Gasteiger charge is 2.18. The molecule has 0 spiro atoms. The van der Waals surface area contributed by atoms with E-state index in [1.807, 2.05) is 32.0 Å². The van der Waals surface area contributed by atoms with Gasteiger partial charge in [-0.15, -0.1) is 0 Å². The van der Waals surface area contributed by atoms with Crippen LogP contribution in [0.3, 0.4) is 0 Å². The van der Waals surface area contributed by atoms with Crippen molar-refractivity contribution in [1.82, 2.24) is 9.97 Å². The third kappa shape index (κ3) is 4.66. The fourth-order valence-electron chi connectivity index (χ4n) is 2.21. The van der Waals surface area contributed by atoms with Crippen molar-refractivity contribution in [2.45, 2.75) is 40.2 Å². The lowest BCUT2D eigenvalue weighted by molar-refractivity contribution is 0.0634. The molecule has 0 unspecified atom stereocenters. The Kier molecular flexibility index (Phi) is 4.90. The van der Waals surface area contributed by atoms with Crippen LogP contribution < -0.4 is 5.32 Å². The van der Waals surface area contributed by atoms with Crippen LogP contribution in [0.15, 0.2) is 24.3 Å². The molecule has 2 aromatic rings. The summed E-state index contributed by atoms with van der Waals surface area (Å²) < 4.78 is 5.20. The Balaban J connectivity index is 2.35. The minimum absolute atomic E-state index is 0.115. The van der Waals surface area contributed by atoms with Gasteiger partial charge in [0.1, 0.15) is 10.8 Å². The normalized spacial score (nSPS) is 11.2. The summed E-state index contributed by atoms with van der Waals surface area (Å²) in [6, 6.07) is 7.66. The molecular weight excluding hydrogens is 314 g/mol. The number of ether oxygens (including phenoxy) is 1. The van der Waals surface area contributed by atoms with Crippen LogP contribution >= 0.6 is 11.6 Å². The minimum Gasteiger partial charge on any atom is -0.444 e. The average Bonchev–Trinajstić information content (AvgIpc) is 2.35. The third-order valence-corrected chi connectivity index (χ3v) is 3.24. The molecule has 0 radical (unpaired) electrons. The lowest BCUT2D eigenvalue weighted by Crippen LogP contribution is -2.27. The topological polar surface area (TPSA) is 64.1 Å². The van der Waals surface area contributed by atoms with Crippen molar-refractivity contribution in [2.24, 2.45) is 0 Å². The first-order chi connectivity index (χ1) is 10.7. The Morgan fingerprint density at radius 2 is 1.78 bits per heavy atom. The van der Waals surface area contributed by atoms with Crippen molar-refractivity contribution in [1.29, 1.82) is 0 Å². The molecule has 1 aromatic heterocycles. The number of rotatable bonds is 2. The van der Waals surface area contributed by atoms with Crippen molar-refractivity contribution in [3.8, 4) is 11.3 Å². The van der Waals surface area contributed by atoms with Gasteiger partial charge in [0.05, 0.1) is 5.69 Å². The molecule has 1 amide bonds. The smallest absolute Gasteiger partial charge is 0.414 e. The fourth-order valence-corrected chi connectivity index (χ4v) is 2.40. The number of hydrogen-bond acceptors (Lipinski definition) is 4. The molecule has 0 aliphatic rings. The number of amides is 1. The molecule has 122 valence electrons. The predicted molar refractivity (Wildman–Crippen MR) is 91.8 cm³/mol. The monoisotopic (exact) mass is 333 g/mol. The van der Waals surface area contributed by atoms with Crippen molar-refractivity contribution in [3.05, 3.63) is 40.5 Å². The molecule has 0 fully saturated rings. The van der Waals surface area contributed by atoms with Crippen LogP contribution in [-0.4, -0.2) is 21.7 Å². The summed E-state index contributed by atoms with van der Waals surface area (Å²) in [6.07, 6.45) is -0.618. The minimum atomic E-state index is -0.618. The van der Waals surface area contributed by atoms with Crippen molar-refractivity contribution >= 4 is 23.6 Å². The predicted octanol–water partition coefficient (Wildman–Crippen LogP) is 4.76. The Hall–Kier alpha value is -2.14. The van der Waals surface area contributed by atoms with Crippen LogP contribution in [0, 0.1) is 13.8 Å². The van der Waals surface area contributed by atoms with Crippen LogP contribution in [0.2, 0.25) is 5.15 Å². The Bertz CT molecular complexity index is 719. The van der Waals surface area contributed by atoms with E-state index >= 15 is 0 Å². The summed E-state index contributed by atoms with van der Waals surface area (Å²) in [5.74, 6) is 0.115. The summed E-state index contributed by atoms with van der Waals surface area (Å²) >= 11 is 6.08. The van der Waals surface area contributed by atoms with Gasteiger partial charge in [-0.1, -0.05) is 29.8 Å². The van der Waals surface area contributed by atoms with Gasteiger partial charge in [0, 0.05) is 11.6 Å². The number of nitrogens with one attached hydrogen (secondary N) is 1. The Labute approximate surface area is 141 Å². The second-order valence-corrected chi connectivity index (χ2v) is 6.68. The summed E-state index contributed by atoms with van der Waals surface area (Å²) in [6.45, 7) is 9.35. The van der Waals surface area contributed by atoms with E-state index in [0.29, 0.717) is 5.69 Å². The van der Waals surface area contributed by atoms with Gasteiger partial charge < -0.3 is 4.74 Å². The first-order valence-corrected chi connectivity index (χ1v) is 7.65. The highest BCUT2D eigenvalue weighted by molar-refractivity contribution is 6.29. The third-order valence-electron chi connectivity index (χ3n) is 3.04. The zero-order chi connectivity index (χ0) is 17.2. The number of carbonyl (C=O) groups is 1. The lowest BCUT2D eigenvalue weighted by Gasteiger charge is -2.19. The van der Waals surface area contributed by atoms with Gasteiger partial charge in [-0.25, -0.2) is 14.8 Å². The molecule has 1 heterocycles. The van der Waals surface area contributed by atoms with E-state index < -0.39 is 11.7 Å². The maximum absolute atomic E-state index is 11.9. The summed E-state index contributed by atoms with van der Waals surface area (Å²) in [7, 11) is 0. The summed E-state index contributed by atoms with van der Waals surface area (Å²) in [5, 5.41) is 2.77. The molecule has 0 aliphatic carbocycles. The molecule has 1 aromatic carbocycles. The van der Waals surface area contributed by atoms with E-state index in [1.165, 1.54) is 0 Å². The van der Waals surface area contributed by atoms with Gasteiger partial charge in [0.15, 0.2) is 0 Å². The standard InChI is InChI=1S/C17H20ClN3O2/c1-10-7-6-8-11(2)14(10)12-9-13(18)20-15(19-12)21-16(22)23-17(3,4)5/h6-9H,1-5H3,(H,19,20,21,22). The molecule has 1 N–H and O–H groups in total. The lowest BCUT2D eigenvalue weighted by atomic mass is 10.00. The Morgan fingerprint density at radius 3 is 2.35 bits per heavy atom. The van der Waals surface area contributed by atoms with Crippen LogP contribution in [0.5, 0.6) is 0 Å². The molecule has 0 atom stereocenters. The maximum Gasteiger partial charge on any atom is 0.414 e. The highest BCUT2D eigenvalue weighted by Crippen LogP contribution is 2.27. The quantitative estimate of drug-likeness (QED) is 0.805. The van der Waals surface area contributed by atoms with Gasteiger partial charge in [-0.05, 0) is 45.7 Å². The molecule has 2 rings (SSSR count). The molecule has 0 saturated heterocycles. The second-order valence-electron chi connectivity index (χ2n) is 6.29. The SMILES string of the molecule is Cc1cccc(C)c1-c1cc(Cl)nc(NC(=O)OC(C)(C)C)n1. The molecule has 23 heavy (non-hydrogen) atoms. The number of hydrogen-bond donors (Lipinski definition) is 1. The number of anilines is 1. The summed E-state index contributed by atoms with van der Waals surface area (Å²) in [5.41, 5.74) is 3.18. The summed E-state index contributed by atoms with van der Waals surface area (Å²) in [4.78, 5) is 20.3. The molecular formula is C17H20ClN3O2. The average molecular weight is 334 g/mol.